The first-order chi connectivity index (χ1) is 24.1. The van der Waals surface area contributed by atoms with Crippen molar-refractivity contribution in [3.05, 3.63) is 0 Å². The summed E-state index contributed by atoms with van der Waals surface area (Å²) in [5, 5.41) is 40.5. The van der Waals surface area contributed by atoms with E-state index < -0.39 is 79.1 Å². The second-order valence-electron chi connectivity index (χ2n) is 17.3. The van der Waals surface area contributed by atoms with Gasteiger partial charge in [0.15, 0.2) is 6.29 Å². The Hall–Kier alpha value is -0.750. The molecule has 0 spiro atoms. The summed E-state index contributed by atoms with van der Waals surface area (Å²) in [5.41, 5.74) is -0.706. The highest BCUT2D eigenvalue weighted by Gasteiger charge is 2.66. The highest BCUT2D eigenvalue weighted by atomic mass is 32.3. The summed E-state index contributed by atoms with van der Waals surface area (Å²) in [6, 6.07) is 0. The zero-order valence-corrected chi connectivity index (χ0v) is 32.9. The number of phosphoric acid groups is 1. The van der Waals surface area contributed by atoms with Gasteiger partial charge in [-0.1, -0.05) is 53.9 Å². The van der Waals surface area contributed by atoms with Gasteiger partial charge in [-0.05, 0) is 91.3 Å². The van der Waals surface area contributed by atoms with Crippen molar-refractivity contribution in [1.29, 1.82) is 0 Å². The molecule has 1 unspecified atom stereocenters. The number of phosphoric ester groups is 1. The molecule has 0 radical (unpaired) electrons. The Morgan fingerprint density at radius 1 is 0.904 bits per heavy atom. The van der Waals surface area contributed by atoms with E-state index in [9.17, 15) is 47.6 Å². The van der Waals surface area contributed by atoms with Crippen LogP contribution in [0.3, 0.4) is 0 Å². The van der Waals surface area contributed by atoms with Crippen LogP contribution in [-0.4, -0.2) is 99.9 Å². The second kappa shape index (κ2) is 16.0. The molecule has 1 saturated heterocycles. The van der Waals surface area contributed by atoms with Crippen molar-refractivity contribution in [3.8, 4) is 0 Å². The van der Waals surface area contributed by atoms with Gasteiger partial charge in [0.25, 0.3) is 0 Å². The largest absolute Gasteiger partial charge is 0.474 e. The molecular weight excluding hydrogens is 723 g/mol. The summed E-state index contributed by atoms with van der Waals surface area (Å²) in [5.74, 6) is 0.313. The summed E-state index contributed by atoms with van der Waals surface area (Å²) >= 11 is 0. The van der Waals surface area contributed by atoms with E-state index in [0.717, 1.165) is 32.1 Å². The molecular formula is C35H61O15PS. The number of ether oxygens (including phenoxy) is 2. The van der Waals surface area contributed by atoms with Gasteiger partial charge >= 0.3 is 24.2 Å². The number of hydrogen-bond donors (Lipinski definition) is 6. The maximum Gasteiger partial charge on any atom is 0.474 e. The van der Waals surface area contributed by atoms with Gasteiger partial charge in [-0.25, -0.2) is 8.75 Å². The number of aliphatic hydroxyl groups is 4. The summed E-state index contributed by atoms with van der Waals surface area (Å²) < 4.78 is 74.5. The predicted octanol–water partition coefficient (Wildman–Crippen LogP) is 3.75. The van der Waals surface area contributed by atoms with Crippen LogP contribution < -0.4 is 0 Å². The van der Waals surface area contributed by atoms with E-state index in [0.29, 0.717) is 31.6 Å². The second-order valence-corrected chi connectivity index (χ2v) is 19.7. The maximum absolute atomic E-state index is 13.8. The molecule has 0 aromatic heterocycles. The Kier molecular flexibility index (Phi) is 13.1. The van der Waals surface area contributed by atoms with Crippen LogP contribution >= 0.6 is 7.82 Å². The van der Waals surface area contributed by atoms with Gasteiger partial charge in [-0.3, -0.25) is 18.4 Å². The Bertz CT molecular complexity index is 1410. The van der Waals surface area contributed by atoms with Crippen molar-refractivity contribution >= 4 is 24.2 Å². The Morgan fingerprint density at radius 2 is 1.58 bits per heavy atom. The normalized spacial score (nSPS) is 45.4. The van der Waals surface area contributed by atoms with E-state index in [1.54, 1.807) is 0 Å². The van der Waals surface area contributed by atoms with Gasteiger partial charge in [0.05, 0.1) is 18.8 Å². The summed E-state index contributed by atoms with van der Waals surface area (Å²) in [6.45, 7) is 11.7. The molecule has 17 heteroatoms. The fraction of sp³-hybridized carbons (Fsp3) is 0.971. The van der Waals surface area contributed by atoms with E-state index in [-0.39, 0.29) is 53.5 Å². The van der Waals surface area contributed by atoms with Gasteiger partial charge in [0.2, 0.25) is 0 Å². The first-order valence-corrected chi connectivity index (χ1v) is 21.8. The zero-order chi connectivity index (χ0) is 38.6. The van der Waals surface area contributed by atoms with Crippen molar-refractivity contribution in [2.45, 2.75) is 155 Å². The van der Waals surface area contributed by atoms with Crippen LogP contribution in [0.25, 0.3) is 0 Å². The quantitative estimate of drug-likeness (QED) is 0.0887. The minimum atomic E-state index is -5.11. The summed E-state index contributed by atoms with van der Waals surface area (Å²) in [7, 11) is -9.90. The number of carbonyl (C=O) groups is 1. The molecule has 0 bridgehead atoms. The minimum absolute atomic E-state index is 0.0257. The molecule has 0 aromatic carbocycles. The lowest BCUT2D eigenvalue weighted by Crippen LogP contribution is -2.59. The summed E-state index contributed by atoms with van der Waals surface area (Å²) in [4.78, 5) is 23.6. The maximum atomic E-state index is 13.8. The third-order valence-corrected chi connectivity index (χ3v) is 15.2. The standard InChI is InChI=1S/C35H61O15PS/c1-18(2)8-7-9-19(3)29-27(46-20(4)37)16-24-22-15-26(48-51(41,42)49-33-32(40)31(39)30(38)28(17-36)47-33)25-14-21(50-52(43,44)45)10-12-34(25,5)23(22)11-13-35(24,29)6/h18-19,21-33,36,38-40H,7-17H2,1-6H3,(H,41,42)(H,43,44,45)/t19-,21+,22-,23+,24-,25-,26+,27+,28-,29+,30-,31+,32-,33+,34-,35+/m1/s1. The van der Waals surface area contributed by atoms with Crippen molar-refractivity contribution in [2.24, 2.45) is 52.3 Å². The van der Waals surface area contributed by atoms with Crippen molar-refractivity contribution in [1.82, 2.24) is 0 Å². The molecule has 5 aliphatic rings. The van der Waals surface area contributed by atoms with E-state index in [1.165, 1.54) is 6.92 Å². The molecule has 5 rings (SSSR count). The zero-order valence-electron chi connectivity index (χ0n) is 31.2. The Morgan fingerprint density at radius 3 is 2.19 bits per heavy atom. The van der Waals surface area contributed by atoms with Crippen LogP contribution in [0, 0.1) is 52.3 Å². The molecule has 0 amide bonds. The van der Waals surface area contributed by atoms with Crippen LogP contribution in [0.2, 0.25) is 0 Å². The molecule has 1 heterocycles. The molecule has 0 aromatic rings. The Balaban J connectivity index is 1.46. The third-order valence-electron chi connectivity index (χ3n) is 13.7. The number of fused-ring (bicyclic) bond motifs is 5. The molecule has 6 N–H and O–H groups in total. The fourth-order valence-electron chi connectivity index (χ4n) is 11.5. The molecule has 17 atom stereocenters. The van der Waals surface area contributed by atoms with Crippen LogP contribution in [0.4, 0.5) is 0 Å². The van der Waals surface area contributed by atoms with E-state index >= 15 is 0 Å². The fourth-order valence-corrected chi connectivity index (χ4v) is 13.1. The van der Waals surface area contributed by atoms with E-state index in [2.05, 4.69) is 34.6 Å². The molecule has 1 aliphatic heterocycles. The Labute approximate surface area is 307 Å². The van der Waals surface area contributed by atoms with Crippen LogP contribution in [0.5, 0.6) is 0 Å². The topological polar surface area (TPSA) is 236 Å². The lowest BCUT2D eigenvalue weighted by atomic mass is 9.43. The number of aliphatic hydroxyl groups excluding tert-OH is 4. The number of esters is 1. The minimum Gasteiger partial charge on any atom is -0.462 e. The number of rotatable bonds is 13. The van der Waals surface area contributed by atoms with Gasteiger partial charge in [-0.15, -0.1) is 0 Å². The van der Waals surface area contributed by atoms with Crippen molar-refractivity contribution in [2.75, 3.05) is 6.61 Å². The van der Waals surface area contributed by atoms with Crippen LogP contribution in [0.1, 0.15) is 106 Å². The van der Waals surface area contributed by atoms with Crippen LogP contribution in [0.15, 0.2) is 0 Å². The van der Waals surface area contributed by atoms with Gasteiger partial charge in [-0.2, -0.15) is 8.42 Å². The monoisotopic (exact) mass is 784 g/mol. The van der Waals surface area contributed by atoms with Gasteiger partial charge < -0.3 is 34.8 Å². The smallest absolute Gasteiger partial charge is 0.462 e. The molecule has 15 nitrogen and oxygen atoms in total. The molecule has 52 heavy (non-hydrogen) atoms. The first kappa shape index (κ1) is 42.4. The lowest BCUT2D eigenvalue weighted by molar-refractivity contribution is -0.282. The van der Waals surface area contributed by atoms with Crippen molar-refractivity contribution in [3.63, 3.8) is 0 Å². The SMILES string of the molecule is CC(=O)O[C@H]1C[C@@H]2[C@@H]3C[C@H](OP(=O)(O)O[C@@H]4O[C@H](CO)[C@@H](O)[C@H](O)[C@H]4O)[C@H]4C[C@@H](OS(=O)(=O)O)CC[C@]4(C)[C@H]3CC[C@]2(C)[C@H]1[C@H](C)CCCC(C)C. The van der Waals surface area contributed by atoms with Crippen molar-refractivity contribution < 1.29 is 70.4 Å². The molecule has 302 valence electrons. The highest BCUT2D eigenvalue weighted by Crippen LogP contribution is 2.70. The van der Waals surface area contributed by atoms with Gasteiger partial charge in [0, 0.05) is 12.8 Å². The average Bonchev–Trinajstić information content (AvgIpc) is 3.32. The van der Waals surface area contributed by atoms with E-state index in [1.807, 2.05) is 0 Å². The molecule has 4 aliphatic carbocycles. The lowest BCUT2D eigenvalue weighted by Gasteiger charge is -2.62. The summed E-state index contributed by atoms with van der Waals surface area (Å²) in [6.07, 6.45) is -4.19. The number of hydrogen-bond acceptors (Lipinski definition) is 13. The van der Waals surface area contributed by atoms with Gasteiger partial charge in [0.1, 0.15) is 30.5 Å². The average molecular weight is 785 g/mol. The highest BCUT2D eigenvalue weighted by molar-refractivity contribution is 7.80. The van der Waals surface area contributed by atoms with E-state index in [4.69, 9.17) is 22.7 Å². The first-order valence-electron chi connectivity index (χ1n) is 18.9. The third kappa shape index (κ3) is 8.78. The molecule has 5 fully saturated rings. The predicted molar refractivity (Wildman–Crippen MR) is 185 cm³/mol. The molecule has 4 saturated carbocycles. The number of carbonyl (C=O) groups excluding carboxylic acids is 1. The van der Waals surface area contributed by atoms with Crippen LogP contribution in [-0.2, 0) is 42.5 Å².